The van der Waals surface area contributed by atoms with Gasteiger partial charge in [-0.15, -0.1) is 0 Å². The van der Waals surface area contributed by atoms with E-state index in [-0.39, 0.29) is 18.4 Å². The van der Waals surface area contributed by atoms with E-state index in [1.807, 2.05) is 37.6 Å². The summed E-state index contributed by atoms with van der Waals surface area (Å²) in [6.45, 7) is 4.67. The van der Waals surface area contributed by atoms with Crippen molar-refractivity contribution >= 4 is 11.8 Å². The summed E-state index contributed by atoms with van der Waals surface area (Å²) in [6.07, 6.45) is 0. The maximum absolute atomic E-state index is 12.2. The fourth-order valence-corrected chi connectivity index (χ4v) is 2.29. The van der Waals surface area contributed by atoms with Gasteiger partial charge >= 0.3 is 0 Å². The molecule has 0 saturated carbocycles. The van der Waals surface area contributed by atoms with E-state index in [0.717, 1.165) is 11.4 Å². The third kappa shape index (κ3) is 4.38. The first kappa shape index (κ1) is 17.6. The van der Waals surface area contributed by atoms with Crippen LogP contribution in [-0.2, 0) is 18.4 Å². The molecule has 6 heteroatoms. The lowest BCUT2D eigenvalue weighted by Gasteiger charge is -2.11. The van der Waals surface area contributed by atoms with Crippen LogP contribution < -0.4 is 15.4 Å². The number of nitrogens with one attached hydrogen (secondary N) is 2. The van der Waals surface area contributed by atoms with Gasteiger partial charge in [0.1, 0.15) is 5.75 Å². The second-order valence-corrected chi connectivity index (χ2v) is 5.41. The molecule has 1 heterocycles. The summed E-state index contributed by atoms with van der Waals surface area (Å²) in [5, 5.41) is 5.41. The first-order chi connectivity index (χ1) is 11.5. The predicted octanol–water partition coefficient (Wildman–Crippen LogP) is 1.78. The van der Waals surface area contributed by atoms with Gasteiger partial charge in [0.05, 0.1) is 25.3 Å². The third-order valence-corrected chi connectivity index (χ3v) is 3.78. The molecule has 2 aromatic rings. The van der Waals surface area contributed by atoms with Gasteiger partial charge in [0.2, 0.25) is 5.91 Å². The average Bonchev–Trinajstić information content (AvgIpc) is 2.90. The van der Waals surface area contributed by atoms with Gasteiger partial charge in [-0.1, -0.05) is 12.1 Å². The summed E-state index contributed by atoms with van der Waals surface area (Å²) in [7, 11) is 1.95. The zero-order chi connectivity index (χ0) is 17.5. The van der Waals surface area contributed by atoms with Crippen LogP contribution in [0.3, 0.4) is 0 Å². The van der Waals surface area contributed by atoms with Crippen molar-refractivity contribution < 1.29 is 14.3 Å². The van der Waals surface area contributed by atoms with E-state index in [4.69, 9.17) is 4.74 Å². The molecule has 6 nitrogen and oxygen atoms in total. The van der Waals surface area contributed by atoms with Gasteiger partial charge < -0.3 is 19.9 Å². The fourth-order valence-electron chi connectivity index (χ4n) is 2.29. The Morgan fingerprint density at radius 1 is 1.12 bits per heavy atom. The van der Waals surface area contributed by atoms with Crippen molar-refractivity contribution in [1.82, 2.24) is 15.2 Å². The third-order valence-electron chi connectivity index (χ3n) is 3.78. The molecule has 0 aliphatic heterocycles. The van der Waals surface area contributed by atoms with Crippen LogP contribution in [0.1, 0.15) is 28.7 Å². The number of carbonyl (C=O) groups excluding carboxylic acids is 2. The lowest BCUT2D eigenvalue weighted by atomic mass is 10.2. The van der Waals surface area contributed by atoms with Gasteiger partial charge in [0.15, 0.2) is 0 Å². The van der Waals surface area contributed by atoms with E-state index in [1.165, 1.54) is 0 Å². The predicted molar refractivity (Wildman–Crippen MR) is 91.9 cm³/mol. The Balaban J connectivity index is 1.85. The second kappa shape index (κ2) is 8.19. The van der Waals surface area contributed by atoms with Crippen LogP contribution in [0.5, 0.6) is 5.75 Å². The Labute approximate surface area is 141 Å². The molecule has 0 aliphatic carbocycles. The summed E-state index contributed by atoms with van der Waals surface area (Å²) in [5.74, 6) is -0.0581. The highest BCUT2D eigenvalue weighted by Gasteiger charge is 2.13. The molecule has 2 amide bonds. The maximum Gasteiger partial charge on any atom is 0.255 e. The van der Waals surface area contributed by atoms with Gasteiger partial charge in [-0.3, -0.25) is 9.59 Å². The minimum absolute atomic E-state index is 0.0807. The highest BCUT2D eigenvalue weighted by atomic mass is 16.5. The number of hydrogen-bond donors (Lipinski definition) is 2. The van der Waals surface area contributed by atoms with Crippen molar-refractivity contribution in [3.8, 4) is 5.75 Å². The van der Waals surface area contributed by atoms with Crippen LogP contribution in [0.4, 0.5) is 0 Å². The second-order valence-electron chi connectivity index (χ2n) is 5.41. The normalized spacial score (nSPS) is 10.3. The maximum atomic E-state index is 12.2. The van der Waals surface area contributed by atoms with Crippen LogP contribution in [0.15, 0.2) is 36.4 Å². The first-order valence-corrected chi connectivity index (χ1v) is 7.90. The zero-order valence-electron chi connectivity index (χ0n) is 14.3. The molecule has 1 aromatic carbocycles. The molecule has 24 heavy (non-hydrogen) atoms. The topological polar surface area (TPSA) is 72.4 Å². The van der Waals surface area contributed by atoms with Gasteiger partial charge in [-0.2, -0.15) is 0 Å². The van der Waals surface area contributed by atoms with Crippen molar-refractivity contribution in [1.29, 1.82) is 0 Å². The van der Waals surface area contributed by atoms with Crippen molar-refractivity contribution in [2.45, 2.75) is 20.4 Å². The van der Waals surface area contributed by atoms with E-state index in [9.17, 15) is 9.59 Å². The van der Waals surface area contributed by atoms with Crippen LogP contribution >= 0.6 is 0 Å². The minimum atomic E-state index is -0.330. The number of ether oxygens (including phenoxy) is 1. The van der Waals surface area contributed by atoms with Crippen molar-refractivity contribution in [3.05, 3.63) is 53.3 Å². The van der Waals surface area contributed by atoms with Crippen LogP contribution in [-0.4, -0.2) is 29.5 Å². The van der Waals surface area contributed by atoms with Gasteiger partial charge in [-0.05, 0) is 38.1 Å². The van der Waals surface area contributed by atoms with Gasteiger partial charge in [0, 0.05) is 18.4 Å². The number of aryl methyl sites for hydroxylation is 1. The smallest absolute Gasteiger partial charge is 0.255 e. The molecule has 1 aromatic heterocycles. The number of benzene rings is 1. The summed E-state index contributed by atoms with van der Waals surface area (Å²) < 4.78 is 7.43. The van der Waals surface area contributed by atoms with Gasteiger partial charge in [-0.25, -0.2) is 0 Å². The number of nitrogens with zero attached hydrogens (tertiary/aromatic N) is 1. The molecular formula is C18H23N3O3. The summed E-state index contributed by atoms with van der Waals surface area (Å²) in [6, 6.07) is 10.9. The quantitative estimate of drug-likeness (QED) is 0.813. The molecule has 2 N–H and O–H groups in total. The van der Waals surface area contributed by atoms with Crippen molar-refractivity contribution in [2.24, 2.45) is 7.05 Å². The van der Waals surface area contributed by atoms with Crippen LogP contribution in [0.25, 0.3) is 0 Å². The summed E-state index contributed by atoms with van der Waals surface area (Å²) in [4.78, 5) is 24.1. The number of amides is 2. The summed E-state index contributed by atoms with van der Waals surface area (Å²) in [5.41, 5.74) is 2.55. The zero-order valence-corrected chi connectivity index (χ0v) is 14.3. The Bertz CT molecular complexity index is 722. The Morgan fingerprint density at radius 3 is 2.54 bits per heavy atom. The average molecular weight is 329 g/mol. The largest absolute Gasteiger partial charge is 0.493 e. The Hall–Kier alpha value is -2.76. The van der Waals surface area contributed by atoms with E-state index in [0.29, 0.717) is 24.5 Å². The number of aromatic nitrogens is 1. The number of rotatable bonds is 7. The molecule has 0 saturated heterocycles. The molecule has 0 aliphatic rings. The summed E-state index contributed by atoms with van der Waals surface area (Å²) >= 11 is 0. The molecule has 0 radical (unpaired) electrons. The molecule has 0 spiro atoms. The lowest BCUT2D eigenvalue weighted by Crippen LogP contribution is -2.37. The molecule has 128 valence electrons. The van der Waals surface area contributed by atoms with E-state index in [2.05, 4.69) is 10.6 Å². The lowest BCUT2D eigenvalue weighted by molar-refractivity contribution is -0.120. The molecule has 0 atom stereocenters. The first-order valence-electron chi connectivity index (χ1n) is 7.90. The SMILES string of the molecule is CCOc1ccccc1C(=O)NCC(=O)NCc1ccc(C)n1C. The molecular weight excluding hydrogens is 306 g/mol. The van der Waals surface area contributed by atoms with Gasteiger partial charge in [0.25, 0.3) is 5.91 Å². The Morgan fingerprint density at radius 2 is 1.88 bits per heavy atom. The molecule has 0 bridgehead atoms. The van der Waals surface area contributed by atoms with Crippen molar-refractivity contribution in [3.63, 3.8) is 0 Å². The van der Waals surface area contributed by atoms with E-state index < -0.39 is 0 Å². The molecule has 0 fully saturated rings. The number of carbonyl (C=O) groups is 2. The molecule has 0 unspecified atom stereocenters. The minimum Gasteiger partial charge on any atom is -0.493 e. The van der Waals surface area contributed by atoms with Crippen molar-refractivity contribution in [2.75, 3.05) is 13.2 Å². The van der Waals surface area contributed by atoms with Crippen LogP contribution in [0, 0.1) is 6.92 Å². The van der Waals surface area contributed by atoms with Crippen LogP contribution in [0.2, 0.25) is 0 Å². The van der Waals surface area contributed by atoms with E-state index >= 15 is 0 Å². The standard InChI is InChI=1S/C18H23N3O3/c1-4-24-16-8-6-5-7-15(16)18(23)20-12-17(22)19-11-14-10-9-13(2)21(14)3/h5-10H,4,11-12H2,1-3H3,(H,19,22)(H,20,23). The fraction of sp³-hybridized carbons (Fsp3) is 0.333. The highest BCUT2D eigenvalue weighted by Crippen LogP contribution is 2.17. The number of hydrogen-bond acceptors (Lipinski definition) is 3. The monoisotopic (exact) mass is 329 g/mol. The molecule has 2 rings (SSSR count). The highest BCUT2D eigenvalue weighted by molar-refractivity contribution is 5.98. The van der Waals surface area contributed by atoms with E-state index in [1.54, 1.807) is 24.3 Å². The number of para-hydroxylation sites is 1. The Kier molecular flexibility index (Phi) is 6.01.